The van der Waals surface area contributed by atoms with Crippen LogP contribution in [0, 0.1) is 25.2 Å². The Bertz CT molecular complexity index is 655. The molecule has 0 aliphatic carbocycles. The highest BCUT2D eigenvalue weighted by molar-refractivity contribution is 5.36. The molecule has 1 saturated heterocycles. The van der Waals surface area contributed by atoms with E-state index in [1.807, 2.05) is 19.9 Å². The van der Waals surface area contributed by atoms with Crippen molar-refractivity contribution in [3.8, 4) is 6.07 Å². The zero-order valence-electron chi connectivity index (χ0n) is 14.1. The number of nitriles is 1. The molecule has 1 aromatic rings. The van der Waals surface area contributed by atoms with E-state index >= 15 is 0 Å². The van der Waals surface area contributed by atoms with E-state index in [2.05, 4.69) is 10.00 Å². The first-order valence-corrected chi connectivity index (χ1v) is 7.86. The molecule has 1 aromatic heterocycles. The van der Waals surface area contributed by atoms with Gasteiger partial charge in [0.15, 0.2) is 0 Å². The minimum atomic E-state index is -0.730. The summed E-state index contributed by atoms with van der Waals surface area (Å²) in [5.74, 6) is 0. The van der Waals surface area contributed by atoms with Crippen LogP contribution in [-0.2, 0) is 11.3 Å². The average molecular weight is 320 g/mol. The fraction of sp³-hybridized carbons (Fsp3) is 0.688. The lowest BCUT2D eigenvalue weighted by atomic mass is 10.1. The fourth-order valence-corrected chi connectivity index (χ4v) is 3.02. The zero-order chi connectivity index (χ0) is 17.1. The molecular weight excluding hydrogens is 296 g/mol. The van der Waals surface area contributed by atoms with Gasteiger partial charge < -0.3 is 9.84 Å². The third-order valence-electron chi connectivity index (χ3n) is 4.10. The van der Waals surface area contributed by atoms with E-state index in [0.717, 1.165) is 13.1 Å². The van der Waals surface area contributed by atoms with Crippen LogP contribution in [0.3, 0.4) is 0 Å². The normalized spacial score (nSPS) is 23.5. The quantitative estimate of drug-likeness (QED) is 0.852. The van der Waals surface area contributed by atoms with Gasteiger partial charge in [0.2, 0.25) is 0 Å². The van der Waals surface area contributed by atoms with Crippen molar-refractivity contribution in [2.24, 2.45) is 0 Å². The van der Waals surface area contributed by atoms with Gasteiger partial charge in [-0.25, -0.2) is 4.68 Å². The highest BCUT2D eigenvalue weighted by Gasteiger charge is 2.24. The second kappa shape index (κ2) is 7.21. The van der Waals surface area contributed by atoms with E-state index in [-0.39, 0.29) is 24.3 Å². The predicted molar refractivity (Wildman–Crippen MR) is 85.1 cm³/mol. The van der Waals surface area contributed by atoms with Crippen molar-refractivity contribution in [1.82, 2.24) is 14.7 Å². The molecule has 0 spiro atoms. The van der Waals surface area contributed by atoms with Crippen molar-refractivity contribution in [2.75, 3.05) is 19.6 Å². The molecule has 1 N–H and O–H groups in total. The summed E-state index contributed by atoms with van der Waals surface area (Å²) in [4.78, 5) is 14.4. The molecule has 0 bridgehead atoms. The van der Waals surface area contributed by atoms with E-state index in [4.69, 9.17) is 10.00 Å². The van der Waals surface area contributed by atoms with Gasteiger partial charge in [-0.1, -0.05) is 0 Å². The van der Waals surface area contributed by atoms with Crippen molar-refractivity contribution in [3.05, 3.63) is 27.2 Å². The summed E-state index contributed by atoms with van der Waals surface area (Å²) >= 11 is 0. The van der Waals surface area contributed by atoms with Gasteiger partial charge in [0.25, 0.3) is 5.56 Å². The van der Waals surface area contributed by atoms with Crippen LogP contribution in [0.25, 0.3) is 0 Å². The van der Waals surface area contributed by atoms with E-state index in [1.165, 1.54) is 4.68 Å². The van der Waals surface area contributed by atoms with Crippen LogP contribution < -0.4 is 5.56 Å². The lowest BCUT2D eigenvalue weighted by Crippen LogP contribution is -2.49. The summed E-state index contributed by atoms with van der Waals surface area (Å²) in [7, 11) is 0. The maximum Gasteiger partial charge on any atom is 0.285 e. The minimum absolute atomic E-state index is 0.0781. The summed E-state index contributed by atoms with van der Waals surface area (Å²) < 4.78 is 6.86. The monoisotopic (exact) mass is 320 g/mol. The molecule has 3 atom stereocenters. The highest BCUT2D eigenvalue weighted by atomic mass is 16.5. The summed E-state index contributed by atoms with van der Waals surface area (Å²) in [6.45, 7) is 9.49. The van der Waals surface area contributed by atoms with Crippen molar-refractivity contribution in [1.29, 1.82) is 5.26 Å². The molecule has 126 valence electrons. The van der Waals surface area contributed by atoms with E-state index in [1.54, 1.807) is 13.8 Å². The Kier molecular flexibility index (Phi) is 5.52. The predicted octanol–water partition coefficient (Wildman–Crippen LogP) is 0.202. The van der Waals surface area contributed by atoms with Crippen LogP contribution in [-0.4, -0.2) is 57.7 Å². The molecule has 0 unspecified atom stereocenters. The van der Waals surface area contributed by atoms with Gasteiger partial charge in [0.05, 0.1) is 30.6 Å². The Labute approximate surface area is 136 Å². The van der Waals surface area contributed by atoms with Crippen molar-refractivity contribution >= 4 is 0 Å². The number of aliphatic hydroxyl groups excluding tert-OH is 1. The van der Waals surface area contributed by atoms with Crippen molar-refractivity contribution in [3.63, 3.8) is 0 Å². The molecule has 1 aliphatic rings. The van der Waals surface area contributed by atoms with Gasteiger partial charge >= 0.3 is 0 Å². The number of aryl methyl sites for hydroxylation is 1. The van der Waals surface area contributed by atoms with Crippen LogP contribution in [0.2, 0.25) is 0 Å². The fourth-order valence-electron chi connectivity index (χ4n) is 3.02. The molecule has 1 aliphatic heterocycles. The van der Waals surface area contributed by atoms with Gasteiger partial charge in [-0.05, 0) is 33.3 Å². The first-order valence-electron chi connectivity index (χ1n) is 7.86. The molecular formula is C16H24N4O3. The van der Waals surface area contributed by atoms with Crippen LogP contribution in [0.4, 0.5) is 0 Å². The smallest absolute Gasteiger partial charge is 0.285 e. The lowest BCUT2D eigenvalue weighted by molar-refractivity contribution is -0.0775. The average Bonchev–Trinajstić information content (AvgIpc) is 2.44. The number of hydrogen-bond donors (Lipinski definition) is 1. The summed E-state index contributed by atoms with van der Waals surface area (Å²) in [6, 6.07) is 1.93. The van der Waals surface area contributed by atoms with Gasteiger partial charge in [-0.15, -0.1) is 0 Å². The standard InChI is InChI=1S/C16H24N4O3/c1-10-6-19(7-11(2)23-10)8-14(21)9-20-16(22)15(5-17)12(3)13(4)18-20/h10-11,14,21H,6-9H2,1-4H3/t10-,11+,14-/m0/s1. The molecule has 2 heterocycles. The second-order valence-electron chi connectivity index (χ2n) is 6.31. The first kappa shape index (κ1) is 17.6. The third-order valence-corrected chi connectivity index (χ3v) is 4.10. The number of nitrogens with zero attached hydrogens (tertiary/aromatic N) is 4. The molecule has 1 fully saturated rings. The van der Waals surface area contributed by atoms with Crippen molar-refractivity contribution < 1.29 is 9.84 Å². The Morgan fingerprint density at radius 1 is 1.35 bits per heavy atom. The third kappa shape index (κ3) is 4.16. The Morgan fingerprint density at radius 2 is 1.96 bits per heavy atom. The summed E-state index contributed by atoms with van der Waals surface area (Å²) in [6.07, 6.45) is -0.483. The number of morpholine rings is 1. The second-order valence-corrected chi connectivity index (χ2v) is 6.31. The number of β-amino-alcohol motifs (C(OH)–C–C–N with tert-alkyl or cyclic N) is 1. The van der Waals surface area contributed by atoms with E-state index in [9.17, 15) is 9.90 Å². The topological polar surface area (TPSA) is 91.4 Å². The molecule has 0 radical (unpaired) electrons. The zero-order valence-corrected chi connectivity index (χ0v) is 14.1. The molecule has 23 heavy (non-hydrogen) atoms. The number of rotatable bonds is 4. The van der Waals surface area contributed by atoms with Crippen LogP contribution in [0.1, 0.15) is 30.7 Å². The molecule has 7 heteroatoms. The Morgan fingerprint density at radius 3 is 2.52 bits per heavy atom. The largest absolute Gasteiger partial charge is 0.390 e. The summed E-state index contributed by atoms with van der Waals surface area (Å²) in [5, 5.41) is 23.6. The lowest BCUT2D eigenvalue weighted by Gasteiger charge is -2.36. The number of aliphatic hydroxyl groups is 1. The highest BCUT2D eigenvalue weighted by Crippen LogP contribution is 2.11. The van der Waals surface area contributed by atoms with Crippen LogP contribution in [0.5, 0.6) is 0 Å². The maximum atomic E-state index is 12.2. The molecule has 0 saturated carbocycles. The Balaban J connectivity index is 2.09. The van der Waals surface area contributed by atoms with Gasteiger partial charge in [-0.3, -0.25) is 9.69 Å². The van der Waals surface area contributed by atoms with E-state index < -0.39 is 11.7 Å². The van der Waals surface area contributed by atoms with Gasteiger partial charge in [0, 0.05) is 19.6 Å². The van der Waals surface area contributed by atoms with E-state index in [0.29, 0.717) is 17.8 Å². The Hall–Kier alpha value is -1.75. The summed E-state index contributed by atoms with van der Waals surface area (Å²) in [5.41, 5.74) is 0.873. The van der Waals surface area contributed by atoms with Gasteiger partial charge in [-0.2, -0.15) is 10.4 Å². The molecule has 0 aromatic carbocycles. The number of aromatic nitrogens is 2. The van der Waals surface area contributed by atoms with Gasteiger partial charge in [0.1, 0.15) is 11.6 Å². The van der Waals surface area contributed by atoms with Crippen LogP contribution in [0.15, 0.2) is 4.79 Å². The van der Waals surface area contributed by atoms with Crippen molar-refractivity contribution in [2.45, 2.75) is 52.6 Å². The maximum absolute atomic E-state index is 12.2. The SMILES string of the molecule is Cc1nn(C[C@@H](O)CN2C[C@@H](C)O[C@@H](C)C2)c(=O)c(C#N)c1C. The number of ether oxygens (including phenoxy) is 1. The molecule has 2 rings (SSSR count). The number of hydrogen-bond acceptors (Lipinski definition) is 6. The first-order chi connectivity index (χ1) is 10.8. The molecule has 7 nitrogen and oxygen atoms in total. The van der Waals surface area contributed by atoms with Crippen LogP contribution >= 0.6 is 0 Å². The molecule has 0 amide bonds. The minimum Gasteiger partial charge on any atom is -0.390 e.